The maximum absolute atomic E-state index is 12.8. The number of benzene rings is 1. The zero-order valence-corrected chi connectivity index (χ0v) is 18.9. The van der Waals surface area contributed by atoms with Gasteiger partial charge in [-0.2, -0.15) is 0 Å². The lowest BCUT2D eigenvalue weighted by molar-refractivity contribution is -0.143. The summed E-state index contributed by atoms with van der Waals surface area (Å²) in [5, 5.41) is 0. The molecule has 0 N–H and O–H groups in total. The van der Waals surface area contributed by atoms with Crippen molar-refractivity contribution >= 4 is 11.9 Å². The molecule has 0 radical (unpaired) electrons. The van der Waals surface area contributed by atoms with Gasteiger partial charge in [-0.15, -0.1) is 0 Å². The molecule has 0 aromatic heterocycles. The van der Waals surface area contributed by atoms with Gasteiger partial charge in [0.2, 0.25) is 5.91 Å². The third-order valence-corrected chi connectivity index (χ3v) is 5.61. The van der Waals surface area contributed by atoms with E-state index in [9.17, 15) is 9.59 Å². The number of para-hydroxylation sites is 1. The summed E-state index contributed by atoms with van der Waals surface area (Å²) in [6.07, 6.45) is 2.58. The predicted octanol–water partition coefficient (Wildman–Crippen LogP) is 2.25. The molecule has 0 spiro atoms. The summed E-state index contributed by atoms with van der Waals surface area (Å²) < 4.78 is 10.2. The summed E-state index contributed by atoms with van der Waals surface area (Å²) in [6, 6.07) is 8.15. The monoisotopic (exact) mass is 419 g/mol. The van der Waals surface area contributed by atoms with Crippen molar-refractivity contribution in [3.8, 4) is 5.75 Å². The summed E-state index contributed by atoms with van der Waals surface area (Å²) in [6.45, 7) is 5.09. The van der Waals surface area contributed by atoms with Gasteiger partial charge in [0.25, 0.3) is 0 Å². The second-order valence-electron chi connectivity index (χ2n) is 8.27. The molecule has 168 valence electrons. The normalized spacial score (nSPS) is 17.0. The number of esters is 1. The summed E-state index contributed by atoms with van der Waals surface area (Å²) in [4.78, 5) is 30.7. The Labute approximate surface area is 180 Å². The Morgan fingerprint density at radius 2 is 1.90 bits per heavy atom. The Bertz CT molecular complexity index is 680. The van der Waals surface area contributed by atoms with E-state index in [1.165, 1.54) is 12.7 Å². The van der Waals surface area contributed by atoms with Crippen LogP contribution in [0.25, 0.3) is 0 Å². The van der Waals surface area contributed by atoms with Gasteiger partial charge in [0, 0.05) is 44.7 Å². The molecule has 1 atom stereocenters. The van der Waals surface area contributed by atoms with Crippen LogP contribution >= 0.6 is 0 Å². The lowest BCUT2D eigenvalue weighted by atomic mass is 9.96. The highest BCUT2D eigenvalue weighted by molar-refractivity contribution is 5.81. The SMILES string of the molecule is COC(=O)CCC(=O)N(CCN(C)C)C[C@H]1CCCN(Cc2ccccc2OC)C1. The average molecular weight is 420 g/mol. The number of carbonyl (C=O) groups excluding carboxylic acids is 2. The van der Waals surface area contributed by atoms with Crippen LogP contribution < -0.4 is 4.74 Å². The molecule has 2 rings (SSSR count). The number of methoxy groups -OCH3 is 2. The van der Waals surface area contributed by atoms with E-state index in [4.69, 9.17) is 4.74 Å². The van der Waals surface area contributed by atoms with Crippen molar-refractivity contribution < 1.29 is 19.1 Å². The van der Waals surface area contributed by atoms with Crippen LogP contribution in [0.4, 0.5) is 0 Å². The molecule has 0 bridgehead atoms. The van der Waals surface area contributed by atoms with Gasteiger partial charge in [-0.3, -0.25) is 14.5 Å². The van der Waals surface area contributed by atoms with Crippen LogP contribution in [0, 0.1) is 5.92 Å². The van der Waals surface area contributed by atoms with Crippen molar-refractivity contribution in [2.24, 2.45) is 5.92 Å². The minimum atomic E-state index is -0.337. The predicted molar refractivity (Wildman–Crippen MR) is 117 cm³/mol. The number of likely N-dealkylation sites (tertiary alicyclic amines) is 1. The maximum atomic E-state index is 12.8. The van der Waals surface area contributed by atoms with Crippen LogP contribution in [0.15, 0.2) is 24.3 Å². The van der Waals surface area contributed by atoms with Gasteiger partial charge in [0.1, 0.15) is 5.75 Å². The number of rotatable bonds is 11. The molecule has 1 aliphatic heterocycles. The molecular weight excluding hydrogens is 382 g/mol. The molecular formula is C23H37N3O4. The number of hydrogen-bond acceptors (Lipinski definition) is 6. The minimum Gasteiger partial charge on any atom is -0.496 e. The quantitative estimate of drug-likeness (QED) is 0.513. The Balaban J connectivity index is 1.96. The number of ether oxygens (including phenoxy) is 2. The first-order chi connectivity index (χ1) is 14.4. The molecule has 1 saturated heterocycles. The molecule has 7 heteroatoms. The Hall–Kier alpha value is -2.12. The third-order valence-electron chi connectivity index (χ3n) is 5.61. The molecule has 1 amide bonds. The summed E-state index contributed by atoms with van der Waals surface area (Å²) >= 11 is 0. The van der Waals surface area contributed by atoms with E-state index in [-0.39, 0.29) is 24.7 Å². The second-order valence-corrected chi connectivity index (χ2v) is 8.27. The van der Waals surface area contributed by atoms with Crippen LogP contribution in [-0.2, 0) is 20.9 Å². The first kappa shape index (κ1) is 24.2. The van der Waals surface area contributed by atoms with Crippen LogP contribution in [0.3, 0.4) is 0 Å². The summed E-state index contributed by atoms with van der Waals surface area (Å²) in [5.41, 5.74) is 1.19. The maximum Gasteiger partial charge on any atom is 0.306 e. The van der Waals surface area contributed by atoms with Gasteiger partial charge in [-0.25, -0.2) is 0 Å². The van der Waals surface area contributed by atoms with E-state index in [0.717, 1.165) is 51.3 Å². The van der Waals surface area contributed by atoms with Gasteiger partial charge in [0.05, 0.1) is 20.6 Å². The zero-order chi connectivity index (χ0) is 21.9. The fourth-order valence-corrected chi connectivity index (χ4v) is 3.94. The van der Waals surface area contributed by atoms with E-state index in [0.29, 0.717) is 12.5 Å². The van der Waals surface area contributed by atoms with Gasteiger partial charge >= 0.3 is 5.97 Å². The molecule has 30 heavy (non-hydrogen) atoms. The topological polar surface area (TPSA) is 62.3 Å². The van der Waals surface area contributed by atoms with E-state index in [1.807, 2.05) is 37.2 Å². The first-order valence-electron chi connectivity index (χ1n) is 10.8. The van der Waals surface area contributed by atoms with Crippen LogP contribution in [0.2, 0.25) is 0 Å². The highest BCUT2D eigenvalue weighted by Gasteiger charge is 2.25. The van der Waals surface area contributed by atoms with Crippen molar-refractivity contribution in [1.29, 1.82) is 0 Å². The molecule has 1 aromatic carbocycles. The largest absolute Gasteiger partial charge is 0.496 e. The number of carbonyl (C=O) groups is 2. The lowest BCUT2D eigenvalue weighted by Gasteiger charge is -2.36. The first-order valence-corrected chi connectivity index (χ1v) is 10.8. The third kappa shape index (κ3) is 7.95. The number of amides is 1. The molecule has 7 nitrogen and oxygen atoms in total. The highest BCUT2D eigenvalue weighted by Crippen LogP contribution is 2.24. The lowest BCUT2D eigenvalue weighted by Crippen LogP contribution is -2.44. The number of piperidine rings is 1. The second kappa shape index (κ2) is 12.5. The van der Waals surface area contributed by atoms with Crippen LogP contribution in [0.5, 0.6) is 5.75 Å². The molecule has 0 aliphatic carbocycles. The zero-order valence-electron chi connectivity index (χ0n) is 18.9. The number of likely N-dealkylation sites (N-methyl/N-ethyl adjacent to an activating group) is 1. The molecule has 1 fully saturated rings. The van der Waals surface area contributed by atoms with Crippen molar-refractivity contribution in [1.82, 2.24) is 14.7 Å². The minimum absolute atomic E-state index is 0.0316. The van der Waals surface area contributed by atoms with Crippen molar-refractivity contribution in [3.05, 3.63) is 29.8 Å². The fraction of sp³-hybridized carbons (Fsp3) is 0.652. The van der Waals surface area contributed by atoms with E-state index in [2.05, 4.69) is 20.6 Å². The van der Waals surface area contributed by atoms with Gasteiger partial charge in [0.15, 0.2) is 0 Å². The van der Waals surface area contributed by atoms with Gasteiger partial charge < -0.3 is 19.3 Å². The standard InChI is InChI=1S/C23H37N3O4/c1-24(2)14-15-26(22(27)11-12-23(28)30-4)17-19-8-7-13-25(16-19)18-20-9-5-6-10-21(20)29-3/h5-6,9-10,19H,7-8,11-18H2,1-4H3/t19-/m0/s1. The Morgan fingerprint density at radius 1 is 1.13 bits per heavy atom. The molecule has 0 unspecified atom stereocenters. The Morgan fingerprint density at radius 3 is 2.60 bits per heavy atom. The molecule has 1 aliphatic rings. The van der Waals surface area contributed by atoms with E-state index >= 15 is 0 Å². The van der Waals surface area contributed by atoms with E-state index < -0.39 is 0 Å². The van der Waals surface area contributed by atoms with Gasteiger partial charge in [-0.1, -0.05) is 18.2 Å². The van der Waals surface area contributed by atoms with Crippen molar-refractivity contribution in [3.63, 3.8) is 0 Å². The average Bonchev–Trinajstić information content (AvgIpc) is 2.75. The van der Waals surface area contributed by atoms with Crippen LogP contribution in [0.1, 0.15) is 31.2 Å². The van der Waals surface area contributed by atoms with Crippen LogP contribution in [-0.4, -0.2) is 87.6 Å². The highest BCUT2D eigenvalue weighted by atomic mass is 16.5. The smallest absolute Gasteiger partial charge is 0.306 e. The molecule has 1 aromatic rings. The number of hydrogen-bond donors (Lipinski definition) is 0. The molecule has 1 heterocycles. The summed E-state index contributed by atoms with van der Waals surface area (Å²) in [5.74, 6) is 1.04. The molecule has 0 saturated carbocycles. The van der Waals surface area contributed by atoms with Crippen molar-refractivity contribution in [2.75, 3.05) is 61.0 Å². The number of nitrogens with zero attached hydrogens (tertiary/aromatic N) is 3. The van der Waals surface area contributed by atoms with Gasteiger partial charge in [-0.05, 0) is 45.5 Å². The summed E-state index contributed by atoms with van der Waals surface area (Å²) in [7, 11) is 7.08. The fourth-order valence-electron chi connectivity index (χ4n) is 3.94. The Kier molecular flexibility index (Phi) is 10.1. The van der Waals surface area contributed by atoms with Crippen molar-refractivity contribution in [2.45, 2.75) is 32.2 Å². The van der Waals surface area contributed by atoms with E-state index in [1.54, 1.807) is 7.11 Å².